The van der Waals surface area contributed by atoms with Crippen LogP contribution in [0, 0.1) is 11.3 Å². The van der Waals surface area contributed by atoms with Crippen LogP contribution in [0.15, 0.2) is 81.3 Å². The Morgan fingerprint density at radius 3 is 2.67 bits per heavy atom. The number of ketones is 1. The number of Topliss-reactive ketones (excluding diaryl/α,β-unsaturated/α-hetero) is 1. The predicted molar refractivity (Wildman–Crippen MR) is 137 cm³/mol. The van der Waals surface area contributed by atoms with Gasteiger partial charge in [-0.1, -0.05) is 42.3 Å². The monoisotopic (exact) mass is 520 g/mol. The van der Waals surface area contributed by atoms with Gasteiger partial charge >= 0.3 is 6.18 Å². The summed E-state index contributed by atoms with van der Waals surface area (Å²) in [6.07, 6.45) is 8.19. The Balaban J connectivity index is 2.43. The Bertz CT molecular complexity index is 1100. The maximum atomic E-state index is 13.6. The maximum absolute atomic E-state index is 13.6. The van der Waals surface area contributed by atoms with Crippen LogP contribution in [0.1, 0.15) is 52.9 Å². The number of hydrogen-bond acceptors (Lipinski definition) is 4. The van der Waals surface area contributed by atoms with Crippen LogP contribution in [0.2, 0.25) is 0 Å². The molecule has 1 heterocycles. The van der Waals surface area contributed by atoms with Crippen LogP contribution >= 0.6 is 11.6 Å². The second kappa shape index (κ2) is 13.5. The fourth-order valence-corrected chi connectivity index (χ4v) is 3.89. The molecule has 0 radical (unpaired) electrons. The van der Waals surface area contributed by atoms with Gasteiger partial charge in [-0.15, -0.1) is 0 Å². The van der Waals surface area contributed by atoms with E-state index in [9.17, 15) is 23.2 Å². The number of halogens is 4. The number of carbonyl (C=O) groups is 1. The molecule has 0 aromatic rings. The van der Waals surface area contributed by atoms with E-state index >= 15 is 0 Å². The van der Waals surface area contributed by atoms with Crippen molar-refractivity contribution in [2.75, 3.05) is 13.7 Å². The van der Waals surface area contributed by atoms with Gasteiger partial charge in [0.15, 0.2) is 5.78 Å². The van der Waals surface area contributed by atoms with Gasteiger partial charge in [0.1, 0.15) is 6.07 Å². The zero-order valence-electron chi connectivity index (χ0n) is 21.1. The minimum absolute atomic E-state index is 0.0224. The van der Waals surface area contributed by atoms with E-state index in [1.165, 1.54) is 19.4 Å². The van der Waals surface area contributed by atoms with Gasteiger partial charge in [-0.3, -0.25) is 4.79 Å². The average molecular weight is 521 g/mol. The van der Waals surface area contributed by atoms with Crippen molar-refractivity contribution in [2.45, 2.75) is 65.2 Å². The third-order valence-electron chi connectivity index (χ3n) is 6.13. The molecule has 1 aliphatic carbocycles. The molecule has 4 nitrogen and oxygen atoms in total. The van der Waals surface area contributed by atoms with Gasteiger partial charge in [-0.2, -0.15) is 18.4 Å². The first kappa shape index (κ1) is 29.4. The molecule has 0 spiro atoms. The molecule has 0 saturated carbocycles. The highest BCUT2D eigenvalue weighted by Crippen LogP contribution is 2.34. The first-order valence-electron chi connectivity index (χ1n) is 11.8. The second-order valence-corrected chi connectivity index (χ2v) is 9.18. The zero-order chi connectivity index (χ0) is 26.9. The fraction of sp³-hybridized carbons (Fsp3) is 0.429. The molecule has 2 rings (SSSR count). The van der Waals surface area contributed by atoms with Crippen molar-refractivity contribution in [2.24, 2.45) is 0 Å². The Morgan fingerprint density at radius 2 is 2.06 bits per heavy atom. The third-order valence-corrected chi connectivity index (χ3v) is 6.58. The lowest BCUT2D eigenvalue weighted by atomic mass is 9.96. The van der Waals surface area contributed by atoms with Crippen LogP contribution in [0.25, 0.3) is 0 Å². The van der Waals surface area contributed by atoms with E-state index in [1.807, 2.05) is 32.1 Å². The van der Waals surface area contributed by atoms with E-state index in [1.54, 1.807) is 17.9 Å². The summed E-state index contributed by atoms with van der Waals surface area (Å²) in [5, 5.41) is 10.1. The molecule has 8 heteroatoms. The lowest BCUT2D eigenvalue weighted by Gasteiger charge is -2.29. The summed E-state index contributed by atoms with van der Waals surface area (Å²) in [5.41, 5.74) is 2.01. The molecule has 2 aliphatic rings. The molecule has 1 unspecified atom stereocenters. The van der Waals surface area contributed by atoms with Crippen LogP contribution in [0.3, 0.4) is 0 Å². The molecule has 0 aromatic carbocycles. The van der Waals surface area contributed by atoms with Crippen molar-refractivity contribution in [3.63, 3.8) is 0 Å². The Hall–Kier alpha value is -2.82. The molecule has 1 aliphatic heterocycles. The van der Waals surface area contributed by atoms with Crippen molar-refractivity contribution in [1.82, 2.24) is 4.90 Å². The molecule has 0 amide bonds. The van der Waals surface area contributed by atoms with E-state index in [4.69, 9.17) is 16.3 Å². The summed E-state index contributed by atoms with van der Waals surface area (Å²) in [6, 6.07) is 1.92. The maximum Gasteiger partial charge on any atom is 0.416 e. The SMILES string of the molecule is CCC(CC(=O)C(C#N)=CCC(C)OC)=C1C=C(C(F)(F)F)C=CN1CC1=CCCC(C)=C(Cl)C=C1. The van der Waals surface area contributed by atoms with Crippen LogP contribution in [-0.2, 0) is 9.53 Å². The number of nitriles is 1. The Kier molecular flexibility index (Phi) is 11.0. The van der Waals surface area contributed by atoms with Gasteiger partial charge in [0, 0.05) is 37.0 Å². The molecule has 0 saturated heterocycles. The van der Waals surface area contributed by atoms with E-state index in [-0.39, 0.29) is 18.1 Å². The quantitative estimate of drug-likeness (QED) is 0.232. The molecule has 0 aromatic heterocycles. The number of ether oxygens (including phenoxy) is 1. The van der Waals surface area contributed by atoms with Gasteiger partial charge in [0.05, 0.1) is 17.3 Å². The van der Waals surface area contributed by atoms with Crippen molar-refractivity contribution >= 4 is 17.4 Å². The molecule has 0 N–H and O–H groups in total. The molecule has 0 fully saturated rings. The van der Waals surface area contributed by atoms with E-state index in [0.717, 1.165) is 36.1 Å². The normalized spacial score (nSPS) is 19.3. The molecule has 1 atom stereocenters. The van der Waals surface area contributed by atoms with Crippen LogP contribution in [0.5, 0.6) is 0 Å². The largest absolute Gasteiger partial charge is 0.416 e. The molecule has 194 valence electrons. The van der Waals surface area contributed by atoms with E-state index < -0.39 is 17.5 Å². The van der Waals surface area contributed by atoms with Gasteiger partial charge in [0.2, 0.25) is 0 Å². The van der Waals surface area contributed by atoms with Crippen molar-refractivity contribution < 1.29 is 22.7 Å². The number of rotatable bonds is 9. The highest BCUT2D eigenvalue weighted by Gasteiger charge is 2.34. The topological polar surface area (TPSA) is 53.3 Å². The summed E-state index contributed by atoms with van der Waals surface area (Å²) < 4.78 is 45.9. The fourth-order valence-electron chi connectivity index (χ4n) is 3.73. The number of carbonyl (C=O) groups excluding carboxylic acids is 1. The molecule has 0 bridgehead atoms. The molecule has 36 heavy (non-hydrogen) atoms. The van der Waals surface area contributed by atoms with Gasteiger partial charge in [-0.05, 0) is 68.9 Å². The average Bonchev–Trinajstić information content (AvgIpc) is 2.84. The summed E-state index contributed by atoms with van der Waals surface area (Å²) in [7, 11) is 1.54. The first-order valence-corrected chi connectivity index (χ1v) is 12.2. The number of alkyl halides is 3. The Labute approximate surface area is 216 Å². The van der Waals surface area contributed by atoms with Crippen molar-refractivity contribution in [3.05, 3.63) is 81.3 Å². The highest BCUT2D eigenvalue weighted by molar-refractivity contribution is 6.31. The Morgan fingerprint density at radius 1 is 1.33 bits per heavy atom. The highest BCUT2D eigenvalue weighted by atomic mass is 35.5. The summed E-state index contributed by atoms with van der Waals surface area (Å²) in [4.78, 5) is 14.6. The summed E-state index contributed by atoms with van der Waals surface area (Å²) in [6.45, 7) is 5.89. The predicted octanol–water partition coefficient (Wildman–Crippen LogP) is 7.59. The van der Waals surface area contributed by atoms with E-state index in [0.29, 0.717) is 35.7 Å². The minimum Gasteiger partial charge on any atom is -0.381 e. The van der Waals surface area contributed by atoms with Crippen molar-refractivity contribution in [1.29, 1.82) is 5.26 Å². The van der Waals surface area contributed by atoms with Gasteiger partial charge in [-0.25, -0.2) is 0 Å². The number of nitrogens with zero attached hydrogens (tertiary/aromatic N) is 2. The second-order valence-electron chi connectivity index (χ2n) is 8.77. The van der Waals surface area contributed by atoms with Gasteiger partial charge in [0.25, 0.3) is 0 Å². The van der Waals surface area contributed by atoms with Gasteiger partial charge < -0.3 is 9.64 Å². The molecular formula is C28H32ClF3N2O2. The third kappa shape index (κ3) is 8.39. The first-order chi connectivity index (χ1) is 17.0. The van der Waals surface area contributed by atoms with Crippen molar-refractivity contribution in [3.8, 4) is 6.07 Å². The number of hydrogen-bond donors (Lipinski definition) is 0. The zero-order valence-corrected chi connectivity index (χ0v) is 21.8. The lowest BCUT2D eigenvalue weighted by molar-refractivity contribution is -0.114. The summed E-state index contributed by atoms with van der Waals surface area (Å²) in [5.74, 6) is -0.431. The van der Waals surface area contributed by atoms with Crippen LogP contribution in [0.4, 0.5) is 13.2 Å². The lowest BCUT2D eigenvalue weighted by Crippen LogP contribution is -2.25. The number of methoxy groups -OCH3 is 1. The standard InChI is InChI=1S/C28H32ClF3N2O2/c1-5-22(15-27(35)23(17-33)11-9-20(3)36-4)26-16-24(28(30,31)32)13-14-34(26)18-21-8-6-7-19(2)25(29)12-10-21/h8,10-14,16,20H,5-7,9,15,18H2,1-4H3. The summed E-state index contributed by atoms with van der Waals surface area (Å²) >= 11 is 6.30. The smallest absolute Gasteiger partial charge is 0.381 e. The number of allylic oxidation sites excluding steroid dienone is 9. The van der Waals surface area contributed by atoms with E-state index in [2.05, 4.69) is 0 Å². The minimum atomic E-state index is -4.53. The molecular weight excluding hydrogens is 489 g/mol. The van der Waals surface area contributed by atoms with Crippen LogP contribution < -0.4 is 0 Å². The van der Waals surface area contributed by atoms with Crippen LogP contribution in [-0.4, -0.2) is 36.6 Å².